The van der Waals surface area contributed by atoms with E-state index in [1.807, 2.05) is 0 Å². The molecule has 0 aromatic heterocycles. The topological polar surface area (TPSA) is 26.3 Å². The Morgan fingerprint density at radius 1 is 1.39 bits per heavy atom. The standard InChI is InChI=1S/C13H13F3O2/c1-8-6-10(18-7-9-2-3-9)4-5-11(8)12(17)13(14,15)16/h4-6,9H,2-3,7H2,1H3. The van der Waals surface area contributed by atoms with Crippen LogP contribution in [0.25, 0.3) is 0 Å². The van der Waals surface area contributed by atoms with Crippen molar-refractivity contribution in [3.63, 3.8) is 0 Å². The molecule has 2 nitrogen and oxygen atoms in total. The third kappa shape index (κ3) is 3.03. The van der Waals surface area contributed by atoms with Gasteiger partial charge >= 0.3 is 6.18 Å². The van der Waals surface area contributed by atoms with Crippen molar-refractivity contribution in [1.82, 2.24) is 0 Å². The van der Waals surface area contributed by atoms with E-state index in [-0.39, 0.29) is 11.1 Å². The van der Waals surface area contributed by atoms with Crippen LogP contribution in [0.15, 0.2) is 18.2 Å². The quantitative estimate of drug-likeness (QED) is 0.772. The second-order valence-electron chi connectivity index (χ2n) is 4.56. The SMILES string of the molecule is Cc1cc(OCC2CC2)ccc1C(=O)C(F)(F)F. The molecule has 5 heteroatoms. The molecule has 1 aromatic rings. The van der Waals surface area contributed by atoms with E-state index in [4.69, 9.17) is 4.74 Å². The Balaban J connectivity index is 2.11. The lowest BCUT2D eigenvalue weighted by molar-refractivity contribution is -0.0885. The highest BCUT2D eigenvalue weighted by atomic mass is 19.4. The van der Waals surface area contributed by atoms with Crippen LogP contribution in [0.1, 0.15) is 28.8 Å². The van der Waals surface area contributed by atoms with Crippen molar-refractivity contribution < 1.29 is 22.7 Å². The van der Waals surface area contributed by atoms with Crippen LogP contribution >= 0.6 is 0 Å². The molecule has 0 saturated heterocycles. The Morgan fingerprint density at radius 3 is 2.56 bits per heavy atom. The Kier molecular flexibility index (Phi) is 3.32. The smallest absolute Gasteiger partial charge is 0.454 e. The lowest BCUT2D eigenvalue weighted by Gasteiger charge is -2.10. The summed E-state index contributed by atoms with van der Waals surface area (Å²) in [5.74, 6) is -0.728. The minimum absolute atomic E-state index is 0.283. The van der Waals surface area contributed by atoms with Crippen molar-refractivity contribution >= 4 is 5.78 Å². The van der Waals surface area contributed by atoms with Gasteiger partial charge in [-0.25, -0.2) is 0 Å². The van der Waals surface area contributed by atoms with Crippen molar-refractivity contribution in [3.8, 4) is 5.75 Å². The minimum atomic E-state index is -4.83. The third-order valence-electron chi connectivity index (χ3n) is 2.88. The molecule has 0 radical (unpaired) electrons. The van der Waals surface area contributed by atoms with Crippen LogP contribution in [0, 0.1) is 12.8 Å². The first-order valence-electron chi connectivity index (χ1n) is 5.73. The maximum atomic E-state index is 12.3. The van der Waals surface area contributed by atoms with Gasteiger partial charge in [0.2, 0.25) is 0 Å². The first-order chi connectivity index (χ1) is 8.38. The Hall–Kier alpha value is -1.52. The van der Waals surface area contributed by atoms with Gasteiger partial charge in [-0.3, -0.25) is 4.79 Å². The van der Waals surface area contributed by atoms with E-state index in [1.54, 1.807) is 0 Å². The maximum Gasteiger partial charge on any atom is 0.454 e. The molecular weight excluding hydrogens is 245 g/mol. The lowest BCUT2D eigenvalue weighted by Crippen LogP contribution is -2.23. The van der Waals surface area contributed by atoms with Gasteiger partial charge in [0, 0.05) is 5.56 Å². The molecule has 0 atom stereocenters. The molecule has 0 amide bonds. The summed E-state index contributed by atoms with van der Waals surface area (Å²) in [5, 5.41) is 0. The van der Waals surface area contributed by atoms with Gasteiger partial charge in [-0.1, -0.05) is 0 Å². The van der Waals surface area contributed by atoms with Gasteiger partial charge in [-0.2, -0.15) is 13.2 Å². The Bertz CT molecular complexity index is 462. The fraction of sp³-hybridized carbons (Fsp3) is 0.462. The minimum Gasteiger partial charge on any atom is -0.493 e. The fourth-order valence-electron chi connectivity index (χ4n) is 1.63. The number of Topliss-reactive ketones (excluding diaryl/α,β-unsaturated/α-hetero) is 1. The van der Waals surface area contributed by atoms with Gasteiger partial charge in [0.05, 0.1) is 6.61 Å². The number of benzene rings is 1. The first kappa shape index (κ1) is 12.9. The van der Waals surface area contributed by atoms with E-state index < -0.39 is 12.0 Å². The summed E-state index contributed by atoms with van der Waals surface area (Å²) in [6.07, 6.45) is -2.55. The first-order valence-corrected chi connectivity index (χ1v) is 5.73. The lowest BCUT2D eigenvalue weighted by atomic mass is 10.0. The molecule has 1 aliphatic rings. The highest BCUT2D eigenvalue weighted by molar-refractivity contribution is 6.01. The van der Waals surface area contributed by atoms with Crippen LogP contribution < -0.4 is 4.74 Å². The number of halogens is 3. The van der Waals surface area contributed by atoms with Crippen molar-refractivity contribution in [1.29, 1.82) is 0 Å². The van der Waals surface area contributed by atoms with E-state index in [1.165, 1.54) is 25.1 Å². The predicted molar refractivity (Wildman–Crippen MR) is 59.8 cm³/mol. The number of ether oxygens (including phenoxy) is 1. The van der Waals surface area contributed by atoms with E-state index in [0.29, 0.717) is 18.3 Å². The fourth-order valence-corrected chi connectivity index (χ4v) is 1.63. The molecule has 0 aliphatic heterocycles. The summed E-state index contributed by atoms with van der Waals surface area (Å²) in [5.41, 5.74) is -0.0353. The number of rotatable bonds is 4. The monoisotopic (exact) mass is 258 g/mol. The summed E-state index contributed by atoms with van der Waals surface area (Å²) in [6.45, 7) is 2.06. The average Bonchev–Trinajstić information content (AvgIpc) is 3.08. The molecule has 2 rings (SSSR count). The van der Waals surface area contributed by atoms with Gasteiger partial charge in [0.1, 0.15) is 5.75 Å². The summed E-state index contributed by atoms with van der Waals surface area (Å²) < 4.78 is 42.3. The van der Waals surface area contributed by atoms with E-state index in [9.17, 15) is 18.0 Å². The van der Waals surface area contributed by atoms with Crippen LogP contribution in [0.3, 0.4) is 0 Å². The zero-order valence-electron chi connectivity index (χ0n) is 9.88. The van der Waals surface area contributed by atoms with Crippen molar-refractivity contribution in [2.45, 2.75) is 25.9 Å². The van der Waals surface area contributed by atoms with Crippen LogP contribution in [-0.4, -0.2) is 18.6 Å². The molecule has 0 heterocycles. The summed E-state index contributed by atoms with van der Waals surface area (Å²) in [6, 6.07) is 4.06. The Morgan fingerprint density at radius 2 is 2.06 bits per heavy atom. The number of aryl methyl sites for hydroxylation is 1. The van der Waals surface area contributed by atoms with Gasteiger partial charge < -0.3 is 4.74 Å². The van der Waals surface area contributed by atoms with Crippen LogP contribution in [0.2, 0.25) is 0 Å². The molecule has 1 fully saturated rings. The van der Waals surface area contributed by atoms with E-state index in [2.05, 4.69) is 0 Å². The predicted octanol–water partition coefficient (Wildman–Crippen LogP) is 3.53. The highest BCUT2D eigenvalue weighted by Gasteiger charge is 2.39. The van der Waals surface area contributed by atoms with Gasteiger partial charge in [-0.15, -0.1) is 0 Å². The molecule has 0 N–H and O–H groups in total. The molecule has 1 aromatic carbocycles. The summed E-state index contributed by atoms with van der Waals surface area (Å²) in [4.78, 5) is 11.1. The highest BCUT2D eigenvalue weighted by Crippen LogP contribution is 2.30. The largest absolute Gasteiger partial charge is 0.493 e. The molecule has 98 valence electrons. The van der Waals surface area contributed by atoms with Crippen LogP contribution in [0.4, 0.5) is 13.2 Å². The number of carbonyl (C=O) groups excluding carboxylic acids is 1. The number of carbonyl (C=O) groups is 1. The van der Waals surface area contributed by atoms with E-state index >= 15 is 0 Å². The zero-order chi connectivity index (χ0) is 13.3. The maximum absolute atomic E-state index is 12.3. The molecule has 0 spiro atoms. The third-order valence-corrected chi connectivity index (χ3v) is 2.88. The number of ketones is 1. The summed E-state index contributed by atoms with van der Waals surface area (Å²) >= 11 is 0. The van der Waals surface area contributed by atoms with Gasteiger partial charge in [-0.05, 0) is 49.4 Å². The molecular formula is C13H13F3O2. The molecule has 18 heavy (non-hydrogen) atoms. The average molecular weight is 258 g/mol. The Labute approximate surface area is 103 Å². The van der Waals surface area contributed by atoms with Gasteiger partial charge in [0.15, 0.2) is 0 Å². The number of alkyl halides is 3. The van der Waals surface area contributed by atoms with E-state index in [0.717, 1.165) is 12.8 Å². The normalized spacial score (nSPS) is 15.6. The second kappa shape index (κ2) is 4.63. The van der Waals surface area contributed by atoms with Crippen molar-refractivity contribution in [3.05, 3.63) is 29.3 Å². The molecule has 0 bridgehead atoms. The number of hydrogen-bond acceptors (Lipinski definition) is 2. The van der Waals surface area contributed by atoms with Crippen molar-refractivity contribution in [2.75, 3.05) is 6.61 Å². The van der Waals surface area contributed by atoms with Crippen LogP contribution in [-0.2, 0) is 0 Å². The summed E-state index contributed by atoms with van der Waals surface area (Å²) in [7, 11) is 0. The number of hydrogen-bond donors (Lipinski definition) is 0. The molecule has 0 unspecified atom stereocenters. The second-order valence-corrected chi connectivity index (χ2v) is 4.56. The van der Waals surface area contributed by atoms with Crippen molar-refractivity contribution in [2.24, 2.45) is 5.92 Å². The van der Waals surface area contributed by atoms with Crippen LogP contribution in [0.5, 0.6) is 5.75 Å². The molecule has 1 saturated carbocycles. The molecule has 1 aliphatic carbocycles. The van der Waals surface area contributed by atoms with Gasteiger partial charge in [0.25, 0.3) is 5.78 Å². The zero-order valence-corrected chi connectivity index (χ0v) is 9.88.